The van der Waals surface area contributed by atoms with Gasteiger partial charge in [0.15, 0.2) is 0 Å². The van der Waals surface area contributed by atoms with Crippen LogP contribution >= 0.6 is 0 Å². The van der Waals surface area contributed by atoms with Crippen molar-refractivity contribution in [3.05, 3.63) is 42.0 Å². The first-order valence-electron chi connectivity index (χ1n) is 8.80. The molecule has 26 heavy (non-hydrogen) atoms. The Morgan fingerprint density at radius 3 is 2.50 bits per heavy atom. The maximum atomic E-state index is 12.9. The van der Waals surface area contributed by atoms with Crippen LogP contribution < -0.4 is 10.6 Å². The Kier molecular flexibility index (Phi) is 5.25. The molecule has 3 amide bonds. The van der Waals surface area contributed by atoms with E-state index in [4.69, 9.17) is 0 Å². The largest absolute Gasteiger partial charge is 0.480 e. The molecule has 0 unspecified atom stereocenters. The van der Waals surface area contributed by atoms with E-state index in [-0.39, 0.29) is 11.9 Å². The molecule has 7 heteroatoms. The van der Waals surface area contributed by atoms with Crippen LogP contribution in [0.4, 0.5) is 10.5 Å². The van der Waals surface area contributed by atoms with Gasteiger partial charge in [-0.1, -0.05) is 29.8 Å². The van der Waals surface area contributed by atoms with Gasteiger partial charge in [0.1, 0.15) is 12.1 Å². The van der Waals surface area contributed by atoms with Crippen LogP contribution in [0.1, 0.15) is 31.2 Å². The lowest BCUT2D eigenvalue weighted by Gasteiger charge is -2.32. The Hall–Kier alpha value is -2.83. The molecule has 7 nitrogen and oxygen atoms in total. The highest BCUT2D eigenvalue weighted by Gasteiger charge is 2.43. The average molecular weight is 357 g/mol. The van der Waals surface area contributed by atoms with Gasteiger partial charge in [0, 0.05) is 11.7 Å². The maximum Gasteiger partial charge on any atom is 0.326 e. The molecular weight excluding hydrogens is 334 g/mol. The third-order valence-corrected chi connectivity index (χ3v) is 4.90. The molecule has 0 saturated carbocycles. The number of benzene rings is 1. The van der Waals surface area contributed by atoms with Crippen molar-refractivity contribution in [2.75, 3.05) is 5.32 Å². The van der Waals surface area contributed by atoms with E-state index in [0.717, 1.165) is 5.56 Å². The molecule has 1 aromatic rings. The van der Waals surface area contributed by atoms with Gasteiger partial charge >= 0.3 is 12.0 Å². The Morgan fingerprint density at radius 2 is 1.81 bits per heavy atom. The van der Waals surface area contributed by atoms with Gasteiger partial charge in [-0.05, 0) is 44.7 Å². The third kappa shape index (κ3) is 3.87. The number of anilines is 1. The number of aryl methyl sites for hydroxylation is 1. The second-order valence-corrected chi connectivity index (χ2v) is 6.79. The van der Waals surface area contributed by atoms with Crippen molar-refractivity contribution in [3.8, 4) is 0 Å². The topological polar surface area (TPSA) is 98.7 Å². The molecule has 1 aromatic carbocycles. The predicted molar refractivity (Wildman–Crippen MR) is 96.8 cm³/mol. The minimum absolute atomic E-state index is 0.121. The molecule has 0 aliphatic carbocycles. The summed E-state index contributed by atoms with van der Waals surface area (Å²) in [5, 5.41) is 14.8. The fourth-order valence-corrected chi connectivity index (χ4v) is 3.54. The summed E-state index contributed by atoms with van der Waals surface area (Å²) >= 11 is 0. The first-order chi connectivity index (χ1) is 12.5. The number of nitrogens with one attached hydrogen (secondary N) is 2. The lowest BCUT2D eigenvalue weighted by molar-refractivity contribution is -0.150. The van der Waals surface area contributed by atoms with Crippen LogP contribution in [-0.2, 0) is 9.59 Å². The summed E-state index contributed by atoms with van der Waals surface area (Å²) in [7, 11) is 0. The van der Waals surface area contributed by atoms with Gasteiger partial charge in [-0.3, -0.25) is 4.79 Å². The lowest BCUT2D eigenvalue weighted by Crippen LogP contribution is -2.55. The van der Waals surface area contributed by atoms with E-state index >= 15 is 0 Å². The van der Waals surface area contributed by atoms with Crippen molar-refractivity contribution in [1.82, 2.24) is 10.2 Å². The van der Waals surface area contributed by atoms with Gasteiger partial charge in [0.05, 0.1) is 0 Å². The van der Waals surface area contributed by atoms with Gasteiger partial charge in [-0.25, -0.2) is 9.59 Å². The van der Waals surface area contributed by atoms with Gasteiger partial charge < -0.3 is 20.6 Å². The molecule has 2 aliphatic heterocycles. The average Bonchev–Trinajstić information content (AvgIpc) is 3.01. The van der Waals surface area contributed by atoms with E-state index in [9.17, 15) is 19.5 Å². The molecule has 0 aromatic heterocycles. The van der Waals surface area contributed by atoms with Crippen LogP contribution in [0.25, 0.3) is 0 Å². The van der Waals surface area contributed by atoms with Crippen molar-refractivity contribution in [3.63, 3.8) is 0 Å². The van der Waals surface area contributed by atoms with Crippen LogP contribution in [-0.4, -0.2) is 46.0 Å². The molecule has 1 saturated heterocycles. The number of nitrogens with zero attached hydrogens (tertiary/aromatic N) is 1. The Bertz CT molecular complexity index is 729. The highest BCUT2D eigenvalue weighted by molar-refractivity contribution is 5.95. The third-order valence-electron chi connectivity index (χ3n) is 4.90. The van der Waals surface area contributed by atoms with Crippen LogP contribution in [0.3, 0.4) is 0 Å². The summed E-state index contributed by atoms with van der Waals surface area (Å²) in [4.78, 5) is 38.1. The highest BCUT2D eigenvalue weighted by Crippen LogP contribution is 2.29. The molecule has 0 bridgehead atoms. The molecule has 0 spiro atoms. The molecule has 138 valence electrons. The second kappa shape index (κ2) is 7.59. The Labute approximate surface area is 152 Å². The number of carboxylic acid groups (broad SMARTS) is 1. The molecule has 3 atom stereocenters. The van der Waals surface area contributed by atoms with Crippen molar-refractivity contribution < 1.29 is 19.5 Å². The van der Waals surface area contributed by atoms with E-state index in [1.807, 2.05) is 31.2 Å². The number of carboxylic acids is 1. The van der Waals surface area contributed by atoms with Gasteiger partial charge in [-0.15, -0.1) is 0 Å². The summed E-state index contributed by atoms with van der Waals surface area (Å²) in [6.07, 6.45) is 5.94. The van der Waals surface area contributed by atoms with E-state index in [2.05, 4.69) is 10.6 Å². The molecule has 1 fully saturated rings. The number of rotatable bonds is 3. The summed E-state index contributed by atoms with van der Waals surface area (Å²) in [6.45, 7) is 1.95. The zero-order chi connectivity index (χ0) is 18.7. The smallest absolute Gasteiger partial charge is 0.326 e. The van der Waals surface area contributed by atoms with Crippen LogP contribution in [0.5, 0.6) is 0 Å². The number of aliphatic carboxylic acids is 1. The molecule has 3 N–H and O–H groups in total. The Morgan fingerprint density at radius 1 is 1.12 bits per heavy atom. The van der Waals surface area contributed by atoms with Crippen LogP contribution in [0.2, 0.25) is 0 Å². The lowest BCUT2D eigenvalue weighted by atomic mass is 10.0. The number of carbonyl (C=O) groups is 3. The monoisotopic (exact) mass is 357 g/mol. The summed E-state index contributed by atoms with van der Waals surface area (Å²) in [6, 6.07) is 5.13. The van der Waals surface area contributed by atoms with E-state index in [0.29, 0.717) is 31.4 Å². The standard InChI is InChI=1S/C19H23N3O4/c1-12-6-8-13(9-7-12)20-19(26)21-15-5-3-2-4-14-10-11-16(18(24)25)22(14)17(15)23/h2-3,6-9,14-16H,4-5,10-11H2,1H3,(H,24,25)(H2,20,21,26)/b3-2-/t14-,15+,16+/m1/s1. The van der Waals surface area contributed by atoms with Gasteiger partial charge in [0.2, 0.25) is 5.91 Å². The van der Waals surface area contributed by atoms with Crippen molar-refractivity contribution in [2.45, 2.75) is 50.7 Å². The SMILES string of the molecule is Cc1ccc(NC(=O)N[C@H]2C/C=C\C[C@@H]3CC[C@@H](C(=O)O)N3C2=O)cc1. The molecular formula is C19H23N3O4. The minimum atomic E-state index is -0.992. The van der Waals surface area contributed by atoms with E-state index in [1.165, 1.54) is 4.90 Å². The van der Waals surface area contributed by atoms with Crippen molar-refractivity contribution >= 4 is 23.6 Å². The van der Waals surface area contributed by atoms with E-state index < -0.39 is 24.1 Å². The number of hydrogen-bond acceptors (Lipinski definition) is 3. The van der Waals surface area contributed by atoms with Crippen molar-refractivity contribution in [2.24, 2.45) is 0 Å². The zero-order valence-corrected chi connectivity index (χ0v) is 14.6. The first kappa shape index (κ1) is 18.0. The second-order valence-electron chi connectivity index (χ2n) is 6.79. The minimum Gasteiger partial charge on any atom is -0.480 e. The Balaban J connectivity index is 1.71. The van der Waals surface area contributed by atoms with Crippen LogP contribution in [0, 0.1) is 6.92 Å². The summed E-state index contributed by atoms with van der Waals surface area (Å²) in [5.74, 6) is -1.32. The number of carbonyl (C=O) groups excluding carboxylic acids is 2. The van der Waals surface area contributed by atoms with Gasteiger partial charge in [-0.2, -0.15) is 0 Å². The quantitative estimate of drug-likeness (QED) is 0.723. The fraction of sp³-hybridized carbons (Fsp3) is 0.421. The van der Waals surface area contributed by atoms with Crippen molar-refractivity contribution in [1.29, 1.82) is 0 Å². The normalized spacial score (nSPS) is 26.4. The zero-order valence-electron chi connectivity index (χ0n) is 14.6. The van der Waals surface area contributed by atoms with E-state index in [1.54, 1.807) is 12.1 Å². The molecule has 2 heterocycles. The molecule has 0 radical (unpaired) electrons. The van der Waals surface area contributed by atoms with Crippen LogP contribution in [0.15, 0.2) is 36.4 Å². The molecule has 2 aliphatic rings. The van der Waals surface area contributed by atoms with Gasteiger partial charge in [0.25, 0.3) is 0 Å². The maximum absolute atomic E-state index is 12.9. The number of fused-ring (bicyclic) bond motifs is 1. The highest BCUT2D eigenvalue weighted by atomic mass is 16.4. The fourth-order valence-electron chi connectivity index (χ4n) is 3.54. The summed E-state index contributed by atoms with van der Waals surface area (Å²) < 4.78 is 0. The predicted octanol–water partition coefficient (Wildman–Crippen LogP) is 2.28. The first-order valence-corrected chi connectivity index (χ1v) is 8.80. The number of urea groups is 1. The molecule has 3 rings (SSSR count). The summed E-state index contributed by atoms with van der Waals surface area (Å²) in [5.41, 5.74) is 1.71. The number of hydrogen-bond donors (Lipinski definition) is 3. The number of amides is 3.